The third-order valence-electron chi connectivity index (χ3n) is 5.90. The minimum Gasteiger partial charge on any atom is -0.383 e. The van der Waals surface area contributed by atoms with Gasteiger partial charge in [0.05, 0.1) is 16.4 Å². The summed E-state index contributed by atoms with van der Waals surface area (Å²) in [6.45, 7) is 0. The molecule has 1 aliphatic heterocycles. The van der Waals surface area contributed by atoms with Crippen LogP contribution in [-0.4, -0.2) is 26.6 Å². The van der Waals surface area contributed by atoms with Crippen LogP contribution < -0.4 is 11.1 Å². The van der Waals surface area contributed by atoms with Gasteiger partial charge in [0.15, 0.2) is 10.3 Å². The number of benzene rings is 2. The summed E-state index contributed by atoms with van der Waals surface area (Å²) >= 11 is 6.34. The van der Waals surface area contributed by atoms with Gasteiger partial charge in [0.1, 0.15) is 10.6 Å². The van der Waals surface area contributed by atoms with Crippen molar-refractivity contribution in [3.63, 3.8) is 0 Å². The Kier molecular flexibility index (Phi) is 6.66. The van der Waals surface area contributed by atoms with E-state index in [1.165, 1.54) is 44.7 Å². The van der Waals surface area contributed by atoms with Crippen LogP contribution in [0.2, 0.25) is 0 Å². The number of thioether (sulfide) groups is 2. The van der Waals surface area contributed by atoms with Crippen molar-refractivity contribution in [3.05, 3.63) is 93.8 Å². The number of amides is 1. The van der Waals surface area contributed by atoms with Gasteiger partial charge in [-0.2, -0.15) is 0 Å². The molecular formula is C26H21N5OS4. The first-order valence-corrected chi connectivity index (χ1v) is 14.9. The lowest BCUT2D eigenvalue weighted by atomic mass is 9.98. The highest BCUT2D eigenvalue weighted by molar-refractivity contribution is 8.00. The van der Waals surface area contributed by atoms with Crippen LogP contribution in [0.1, 0.15) is 32.1 Å². The van der Waals surface area contributed by atoms with E-state index in [0.717, 1.165) is 16.6 Å². The van der Waals surface area contributed by atoms with Gasteiger partial charge < -0.3 is 11.1 Å². The molecular weight excluding hydrogens is 527 g/mol. The molecule has 1 aliphatic rings. The van der Waals surface area contributed by atoms with Crippen molar-refractivity contribution in [2.24, 2.45) is 0 Å². The molecule has 6 nitrogen and oxygen atoms in total. The van der Waals surface area contributed by atoms with Gasteiger partial charge in [-0.25, -0.2) is 15.0 Å². The lowest BCUT2D eigenvalue weighted by molar-refractivity contribution is -0.113. The van der Waals surface area contributed by atoms with Gasteiger partial charge >= 0.3 is 0 Å². The molecule has 10 heteroatoms. The smallest absolute Gasteiger partial charge is 0.236 e. The van der Waals surface area contributed by atoms with Crippen LogP contribution in [0.3, 0.4) is 0 Å². The molecule has 0 saturated carbocycles. The predicted molar refractivity (Wildman–Crippen MR) is 152 cm³/mol. The van der Waals surface area contributed by atoms with Crippen molar-refractivity contribution < 1.29 is 4.79 Å². The fraction of sp³-hybridized carbons (Fsp3) is 0.154. The molecule has 6 rings (SSSR count). The Labute approximate surface area is 224 Å². The highest BCUT2D eigenvalue weighted by atomic mass is 32.2. The van der Waals surface area contributed by atoms with Gasteiger partial charge in [-0.15, -0.1) is 34.4 Å². The number of fused-ring (bicyclic) bond motifs is 3. The molecule has 2 aromatic carbocycles. The zero-order chi connectivity index (χ0) is 24.5. The van der Waals surface area contributed by atoms with Crippen molar-refractivity contribution in [1.29, 1.82) is 0 Å². The van der Waals surface area contributed by atoms with Gasteiger partial charge in [-0.1, -0.05) is 72.4 Å². The van der Waals surface area contributed by atoms with E-state index in [0.29, 0.717) is 21.4 Å². The van der Waals surface area contributed by atoms with Crippen LogP contribution in [0, 0.1) is 0 Å². The Balaban J connectivity index is 1.34. The maximum Gasteiger partial charge on any atom is 0.236 e. The lowest BCUT2D eigenvalue weighted by Gasteiger charge is -2.30. The number of anilines is 2. The molecule has 0 bridgehead atoms. The van der Waals surface area contributed by atoms with E-state index in [1.54, 1.807) is 17.5 Å². The molecule has 0 spiro atoms. The van der Waals surface area contributed by atoms with Crippen LogP contribution in [0.5, 0.6) is 0 Å². The molecule has 3 N–H and O–H groups in total. The van der Waals surface area contributed by atoms with Gasteiger partial charge in [0.25, 0.3) is 0 Å². The normalized spacial score (nSPS) is 17.1. The molecule has 5 aromatic rings. The van der Waals surface area contributed by atoms with Crippen molar-refractivity contribution >= 4 is 73.3 Å². The zero-order valence-corrected chi connectivity index (χ0v) is 22.2. The van der Waals surface area contributed by atoms with Gasteiger partial charge in [-0.3, -0.25) is 4.79 Å². The van der Waals surface area contributed by atoms with E-state index < -0.39 is 0 Å². The lowest BCUT2D eigenvalue weighted by Crippen LogP contribution is -2.14. The maximum absolute atomic E-state index is 12.3. The summed E-state index contributed by atoms with van der Waals surface area (Å²) in [7, 11) is 0. The maximum atomic E-state index is 12.3. The Morgan fingerprint density at radius 1 is 1.06 bits per heavy atom. The van der Waals surface area contributed by atoms with E-state index in [9.17, 15) is 4.79 Å². The average molecular weight is 548 g/mol. The second kappa shape index (κ2) is 10.2. The molecule has 1 amide bonds. The number of nitrogens with one attached hydrogen (secondary N) is 1. The van der Waals surface area contributed by atoms with Gasteiger partial charge in [0, 0.05) is 21.7 Å². The van der Waals surface area contributed by atoms with Crippen LogP contribution in [0.25, 0.3) is 10.2 Å². The third-order valence-corrected chi connectivity index (χ3v) is 10.3. The molecule has 0 aliphatic carbocycles. The van der Waals surface area contributed by atoms with E-state index in [2.05, 4.69) is 75.9 Å². The molecule has 0 unspecified atom stereocenters. The predicted octanol–water partition coefficient (Wildman–Crippen LogP) is 6.58. The molecule has 0 saturated heterocycles. The Morgan fingerprint density at radius 2 is 1.81 bits per heavy atom. The number of nitrogens with two attached hydrogens (primary N) is 1. The first kappa shape index (κ1) is 23.5. The number of carbonyl (C=O) groups is 1. The van der Waals surface area contributed by atoms with Crippen molar-refractivity contribution in [2.45, 2.75) is 22.1 Å². The Bertz CT molecular complexity index is 1510. The average Bonchev–Trinajstić information content (AvgIpc) is 3.55. The van der Waals surface area contributed by atoms with Crippen LogP contribution >= 0.6 is 46.2 Å². The summed E-state index contributed by atoms with van der Waals surface area (Å²) in [5.74, 6) is 0.522. The number of thiophene rings is 1. The summed E-state index contributed by atoms with van der Waals surface area (Å²) in [5, 5.41) is 7.16. The fourth-order valence-corrected chi connectivity index (χ4v) is 8.59. The number of carbonyl (C=O) groups excluding carboxylic acids is 1. The van der Waals surface area contributed by atoms with Gasteiger partial charge in [0.2, 0.25) is 5.91 Å². The minimum absolute atomic E-state index is 0.145. The van der Waals surface area contributed by atoms with Crippen LogP contribution in [0.15, 0.2) is 77.4 Å². The number of rotatable bonds is 6. The first-order valence-electron chi connectivity index (χ1n) is 11.3. The number of hydrogen-bond acceptors (Lipinski definition) is 9. The van der Waals surface area contributed by atoms with Crippen LogP contribution in [0.4, 0.5) is 10.9 Å². The second-order valence-corrected chi connectivity index (χ2v) is 12.4. The number of thiazole rings is 1. The van der Waals surface area contributed by atoms with E-state index in [1.807, 2.05) is 17.1 Å². The summed E-state index contributed by atoms with van der Waals surface area (Å²) in [5.41, 5.74) is 10.4. The Hall–Kier alpha value is -2.92. The third kappa shape index (κ3) is 4.73. The summed E-state index contributed by atoms with van der Waals surface area (Å²) in [6, 6.07) is 21.3. The number of hydrogen-bond donors (Lipinski definition) is 2. The second-order valence-electron chi connectivity index (χ2n) is 8.22. The summed E-state index contributed by atoms with van der Waals surface area (Å²) in [6.07, 6.45) is 2.54. The van der Waals surface area contributed by atoms with Gasteiger partial charge in [-0.05, 0) is 23.1 Å². The summed E-state index contributed by atoms with van der Waals surface area (Å²) < 4.78 is 0. The van der Waals surface area contributed by atoms with E-state index in [-0.39, 0.29) is 16.9 Å². The highest BCUT2D eigenvalue weighted by Gasteiger charge is 2.34. The number of nitrogen functional groups attached to an aromatic ring is 1. The number of nitrogens with zero attached hydrogens (tertiary/aromatic N) is 3. The van der Waals surface area contributed by atoms with Crippen molar-refractivity contribution in [3.8, 4) is 0 Å². The molecule has 0 radical (unpaired) electrons. The molecule has 0 fully saturated rings. The molecule has 3 aromatic heterocycles. The summed E-state index contributed by atoms with van der Waals surface area (Å²) in [4.78, 5) is 28.0. The quantitative estimate of drug-likeness (QED) is 0.183. The number of aromatic nitrogens is 3. The Morgan fingerprint density at radius 3 is 2.53 bits per heavy atom. The van der Waals surface area contributed by atoms with E-state index >= 15 is 0 Å². The minimum atomic E-state index is -0.145. The first-order chi connectivity index (χ1) is 17.7. The standard InChI is InChI=1S/C26H21N5OS4/c27-23-20-17-13-18(15-7-3-1-4-8-15)35-21(16-9-5-2-6-10-16)22(17)36-24(20)31-26(30-23)34-14-19(32)29-25-28-11-12-33-25/h1-12,18,21H,13-14H2,(H2,27,30,31)(H,28,29,32)/t18-,21-/m0/s1. The molecule has 180 valence electrons. The largest absolute Gasteiger partial charge is 0.383 e. The highest BCUT2D eigenvalue weighted by Crippen LogP contribution is 2.55. The molecule has 2 atom stereocenters. The fourth-order valence-electron chi connectivity index (χ4n) is 4.31. The van der Waals surface area contributed by atoms with Crippen molar-refractivity contribution in [2.75, 3.05) is 16.8 Å². The van der Waals surface area contributed by atoms with E-state index in [4.69, 9.17) is 10.7 Å². The molecule has 36 heavy (non-hydrogen) atoms. The monoisotopic (exact) mass is 547 g/mol. The zero-order valence-electron chi connectivity index (χ0n) is 19.0. The SMILES string of the molecule is Nc1nc(SCC(=O)Nc2nccs2)nc2sc3c(c12)C[C@@H](c1ccccc1)S[C@H]3c1ccccc1. The van der Waals surface area contributed by atoms with Crippen molar-refractivity contribution in [1.82, 2.24) is 15.0 Å². The molecule has 4 heterocycles. The van der Waals surface area contributed by atoms with Crippen LogP contribution in [-0.2, 0) is 11.2 Å². The topological polar surface area (TPSA) is 93.8 Å².